The molecule has 1 fully saturated rings. The maximum absolute atomic E-state index is 13.4. The Labute approximate surface area is 220 Å². The summed E-state index contributed by atoms with van der Waals surface area (Å²) >= 11 is 0.991. The number of aliphatic hydroxyl groups is 1. The van der Waals surface area contributed by atoms with Crippen molar-refractivity contribution in [1.82, 2.24) is 4.98 Å². The van der Waals surface area contributed by atoms with Crippen LogP contribution in [0.15, 0.2) is 54.1 Å². The number of hydrogen-bond acceptors (Lipinski definition) is 7. The molecule has 3 aromatic rings. The summed E-state index contributed by atoms with van der Waals surface area (Å²) in [5.74, 6) is -2.42. The van der Waals surface area contributed by atoms with Gasteiger partial charge in [-0.05, 0) is 37.3 Å². The molecule has 37 heavy (non-hydrogen) atoms. The molecule has 192 valence electrons. The normalized spacial score (nSPS) is 17.4. The van der Waals surface area contributed by atoms with Crippen LogP contribution in [-0.4, -0.2) is 34.4 Å². The van der Waals surface area contributed by atoms with E-state index in [0.29, 0.717) is 16.8 Å². The zero-order valence-corrected chi connectivity index (χ0v) is 22.6. The average Bonchev–Trinajstić information content (AvgIpc) is 3.35. The van der Waals surface area contributed by atoms with Gasteiger partial charge in [0.2, 0.25) is 0 Å². The fraction of sp³-hybridized carbons (Fsp3) is 0.310. The van der Waals surface area contributed by atoms with E-state index < -0.39 is 23.7 Å². The van der Waals surface area contributed by atoms with Crippen LogP contribution in [-0.2, 0) is 19.7 Å². The molecule has 8 heteroatoms. The van der Waals surface area contributed by atoms with Gasteiger partial charge in [-0.3, -0.25) is 14.5 Å². The van der Waals surface area contributed by atoms with Gasteiger partial charge in [0.25, 0.3) is 5.78 Å². The molecule has 4 rings (SSSR count). The number of anilines is 1. The number of aromatic nitrogens is 1. The second-order valence-electron chi connectivity index (χ2n) is 10.0. The third-order valence-corrected chi connectivity index (χ3v) is 7.45. The van der Waals surface area contributed by atoms with Gasteiger partial charge in [0.05, 0.1) is 23.9 Å². The minimum absolute atomic E-state index is 0.0251. The number of carbonyl (C=O) groups excluding carboxylic acids is 3. The molecular weight excluding hydrogens is 488 g/mol. The van der Waals surface area contributed by atoms with Crippen molar-refractivity contribution in [1.29, 1.82) is 0 Å². The third-order valence-electron chi connectivity index (χ3n) is 6.31. The summed E-state index contributed by atoms with van der Waals surface area (Å²) in [7, 11) is 0. The van der Waals surface area contributed by atoms with E-state index in [4.69, 9.17) is 4.74 Å². The van der Waals surface area contributed by atoms with Crippen molar-refractivity contribution in [3.05, 3.63) is 86.9 Å². The molecule has 2 aromatic carbocycles. The molecule has 2 heterocycles. The van der Waals surface area contributed by atoms with Gasteiger partial charge >= 0.3 is 11.9 Å². The van der Waals surface area contributed by atoms with Gasteiger partial charge in [-0.25, -0.2) is 9.78 Å². The Morgan fingerprint density at radius 2 is 1.68 bits per heavy atom. The highest BCUT2D eigenvalue weighted by atomic mass is 32.1. The van der Waals surface area contributed by atoms with E-state index in [1.54, 1.807) is 26.0 Å². The van der Waals surface area contributed by atoms with Crippen LogP contribution in [0.1, 0.15) is 71.4 Å². The Hall–Kier alpha value is -3.78. The average molecular weight is 519 g/mol. The van der Waals surface area contributed by atoms with Crippen molar-refractivity contribution >= 4 is 39.9 Å². The lowest BCUT2D eigenvalue weighted by atomic mass is 9.85. The molecule has 1 amide bonds. The second kappa shape index (κ2) is 9.94. The molecule has 0 bridgehead atoms. The van der Waals surface area contributed by atoms with E-state index >= 15 is 0 Å². The molecule has 0 saturated carbocycles. The van der Waals surface area contributed by atoms with Crippen LogP contribution >= 0.6 is 11.3 Å². The Morgan fingerprint density at radius 3 is 2.24 bits per heavy atom. The van der Waals surface area contributed by atoms with Crippen LogP contribution in [0.3, 0.4) is 0 Å². The van der Waals surface area contributed by atoms with Crippen LogP contribution < -0.4 is 4.90 Å². The fourth-order valence-electron chi connectivity index (χ4n) is 4.25. The summed E-state index contributed by atoms with van der Waals surface area (Å²) in [5.41, 5.74) is 3.44. The number of aliphatic hydroxyl groups excluding tert-OH is 1. The van der Waals surface area contributed by atoms with Crippen molar-refractivity contribution in [2.24, 2.45) is 0 Å². The molecule has 0 radical (unpaired) electrons. The Balaban J connectivity index is 1.91. The number of esters is 1. The predicted octanol–water partition coefficient (Wildman–Crippen LogP) is 5.86. The number of Topliss-reactive ketones (excluding diaryl/α,β-unsaturated/α-hetero) is 1. The van der Waals surface area contributed by atoms with E-state index in [-0.39, 0.29) is 33.4 Å². The second-order valence-corrected chi connectivity index (χ2v) is 11.0. The summed E-state index contributed by atoms with van der Waals surface area (Å²) in [6, 6.07) is 13.8. The number of nitrogens with zero attached hydrogens (tertiary/aromatic N) is 2. The van der Waals surface area contributed by atoms with Crippen LogP contribution in [0.5, 0.6) is 0 Å². The highest BCUT2D eigenvalue weighted by molar-refractivity contribution is 7.17. The lowest BCUT2D eigenvalue weighted by Gasteiger charge is -2.24. The highest BCUT2D eigenvalue weighted by Crippen LogP contribution is 2.44. The minimum Gasteiger partial charge on any atom is -0.507 e. The number of carbonyl (C=O) groups is 3. The smallest absolute Gasteiger partial charge is 0.350 e. The first-order chi connectivity index (χ1) is 17.4. The number of aryl methyl sites for hydroxylation is 2. The standard InChI is InChI=1S/C29H30N2O5S/c1-7-36-27(35)25-17(3)30-28(37-25)31-22(18-12-14-20(15-13-18)29(4,5)6)21(24(33)26(31)34)23(32)19-10-8-16(2)9-11-19/h8-15,22,32H,7H2,1-6H3/t22-/m1/s1. The van der Waals surface area contributed by atoms with Crippen molar-refractivity contribution < 1.29 is 24.2 Å². The molecular formula is C29H30N2O5S. The first kappa shape index (κ1) is 26.3. The lowest BCUT2D eigenvalue weighted by Crippen LogP contribution is -2.29. The summed E-state index contributed by atoms with van der Waals surface area (Å²) in [4.78, 5) is 45.2. The number of amides is 1. The molecule has 0 spiro atoms. The van der Waals surface area contributed by atoms with Crippen molar-refractivity contribution in [2.75, 3.05) is 11.5 Å². The molecule has 1 aliphatic rings. The van der Waals surface area contributed by atoms with Gasteiger partial charge in [0, 0.05) is 5.56 Å². The monoisotopic (exact) mass is 518 g/mol. The molecule has 0 unspecified atom stereocenters. The zero-order valence-electron chi connectivity index (χ0n) is 21.8. The molecule has 1 N–H and O–H groups in total. The van der Waals surface area contributed by atoms with Gasteiger partial charge < -0.3 is 9.84 Å². The Bertz CT molecular complexity index is 1400. The number of thiazole rings is 1. The SMILES string of the molecule is CCOC(=O)c1sc(N2C(=O)C(=O)C(=C(O)c3ccc(C)cc3)[C@H]2c2ccc(C(C)(C)C)cc2)nc1C. The molecule has 1 saturated heterocycles. The number of benzene rings is 2. The molecule has 1 aromatic heterocycles. The summed E-state index contributed by atoms with van der Waals surface area (Å²) in [6.07, 6.45) is 0. The first-order valence-electron chi connectivity index (χ1n) is 12.1. The van der Waals surface area contributed by atoms with E-state index in [1.165, 1.54) is 4.90 Å². The van der Waals surface area contributed by atoms with Gasteiger partial charge in [-0.2, -0.15) is 0 Å². The summed E-state index contributed by atoms with van der Waals surface area (Å²) in [6.45, 7) is 11.8. The lowest BCUT2D eigenvalue weighted by molar-refractivity contribution is -0.132. The predicted molar refractivity (Wildman–Crippen MR) is 144 cm³/mol. The van der Waals surface area contributed by atoms with Gasteiger partial charge in [-0.15, -0.1) is 0 Å². The number of hydrogen-bond donors (Lipinski definition) is 1. The molecule has 0 aliphatic carbocycles. The minimum atomic E-state index is -0.920. The van der Waals surface area contributed by atoms with Crippen LogP contribution in [0.2, 0.25) is 0 Å². The van der Waals surface area contributed by atoms with Crippen LogP contribution in [0.25, 0.3) is 5.76 Å². The van der Waals surface area contributed by atoms with Gasteiger partial charge in [-0.1, -0.05) is 86.2 Å². The first-order valence-corrected chi connectivity index (χ1v) is 12.9. The number of ether oxygens (including phenoxy) is 1. The third kappa shape index (κ3) is 4.93. The van der Waals surface area contributed by atoms with E-state index in [0.717, 1.165) is 22.5 Å². The van der Waals surface area contributed by atoms with Gasteiger partial charge in [0.15, 0.2) is 5.13 Å². The van der Waals surface area contributed by atoms with E-state index in [2.05, 4.69) is 25.8 Å². The van der Waals surface area contributed by atoms with Crippen molar-refractivity contribution in [3.8, 4) is 0 Å². The Morgan fingerprint density at radius 1 is 1.05 bits per heavy atom. The molecule has 7 nitrogen and oxygen atoms in total. The van der Waals surface area contributed by atoms with Gasteiger partial charge in [0.1, 0.15) is 10.6 Å². The Kier molecular flexibility index (Phi) is 7.06. The van der Waals surface area contributed by atoms with E-state index in [9.17, 15) is 19.5 Å². The topological polar surface area (TPSA) is 96.8 Å². The van der Waals surface area contributed by atoms with Crippen molar-refractivity contribution in [3.63, 3.8) is 0 Å². The highest BCUT2D eigenvalue weighted by Gasteiger charge is 2.48. The maximum atomic E-state index is 13.4. The number of rotatable bonds is 5. The largest absolute Gasteiger partial charge is 0.507 e. The van der Waals surface area contributed by atoms with Crippen LogP contribution in [0, 0.1) is 13.8 Å². The maximum Gasteiger partial charge on any atom is 0.350 e. The molecule has 1 atom stereocenters. The quantitative estimate of drug-likeness (QED) is 0.197. The number of ketones is 1. The summed E-state index contributed by atoms with van der Waals surface area (Å²) in [5, 5.41) is 11.5. The van der Waals surface area contributed by atoms with Crippen LogP contribution in [0.4, 0.5) is 5.13 Å². The molecule has 1 aliphatic heterocycles. The fourth-order valence-corrected chi connectivity index (χ4v) is 5.24. The van der Waals surface area contributed by atoms with E-state index in [1.807, 2.05) is 43.3 Å². The summed E-state index contributed by atoms with van der Waals surface area (Å²) < 4.78 is 5.13. The zero-order chi connectivity index (χ0) is 27.1. The van der Waals surface area contributed by atoms with Crippen molar-refractivity contribution in [2.45, 2.75) is 53.0 Å².